The molecule has 0 saturated carbocycles. The maximum absolute atomic E-state index is 13.4. The summed E-state index contributed by atoms with van der Waals surface area (Å²) in [6.45, 7) is 2.43. The normalized spacial score (nSPS) is 10.6. The van der Waals surface area contributed by atoms with Gasteiger partial charge in [-0.3, -0.25) is 10.2 Å². The van der Waals surface area contributed by atoms with E-state index >= 15 is 0 Å². The first-order valence-electron chi connectivity index (χ1n) is 6.03. The molecule has 0 radical (unpaired) electrons. The van der Waals surface area contributed by atoms with E-state index in [1.54, 1.807) is 24.3 Å². The summed E-state index contributed by atoms with van der Waals surface area (Å²) in [4.78, 5) is 12.9. The molecule has 0 aliphatic heterocycles. The van der Waals surface area contributed by atoms with Gasteiger partial charge < -0.3 is 4.74 Å². The summed E-state index contributed by atoms with van der Waals surface area (Å²) < 4.78 is 18.9. The zero-order valence-corrected chi connectivity index (χ0v) is 11.8. The number of nitrogen functional groups attached to an aromatic ring is 1. The first-order valence-corrected chi connectivity index (χ1v) is 6.85. The van der Waals surface area contributed by atoms with Gasteiger partial charge in [0.25, 0.3) is 5.91 Å². The van der Waals surface area contributed by atoms with Crippen molar-refractivity contribution in [2.75, 3.05) is 0 Å². The lowest BCUT2D eigenvalue weighted by Crippen LogP contribution is -2.29. The molecule has 106 valence electrons. The van der Waals surface area contributed by atoms with Crippen LogP contribution in [0.2, 0.25) is 0 Å². The van der Waals surface area contributed by atoms with E-state index in [0.29, 0.717) is 17.0 Å². The number of ether oxygens (including phenoxy) is 1. The number of thiophene rings is 1. The predicted octanol–water partition coefficient (Wildman–Crippen LogP) is 2.52. The van der Waals surface area contributed by atoms with Gasteiger partial charge in [0, 0.05) is 10.4 Å². The molecule has 20 heavy (non-hydrogen) atoms. The number of hydrogen-bond acceptors (Lipinski definition) is 4. The lowest BCUT2D eigenvalue weighted by atomic mass is 10.2. The molecule has 1 aromatic carbocycles. The second kappa shape index (κ2) is 6.60. The highest BCUT2D eigenvalue weighted by atomic mass is 32.1. The van der Waals surface area contributed by atoms with E-state index in [1.165, 1.54) is 17.4 Å². The Labute approximate surface area is 120 Å². The molecule has 0 fully saturated rings. The average Bonchev–Trinajstić information content (AvgIpc) is 2.81. The first-order chi connectivity index (χ1) is 9.61. The molecular weight excluding hydrogens is 279 g/mol. The molecule has 2 rings (SSSR count). The Kier molecular flexibility index (Phi) is 4.84. The van der Waals surface area contributed by atoms with Crippen molar-refractivity contribution in [2.24, 2.45) is 5.84 Å². The van der Waals surface area contributed by atoms with Crippen molar-refractivity contribution in [3.63, 3.8) is 0 Å². The standard InChI is InChI=1S/C14H15FN2O2S/c1-9-11(6-13(20-9)14(18)17-16)8-19-7-10-4-2-3-5-12(10)15/h2-6H,7-8,16H2,1H3,(H,17,18). The minimum Gasteiger partial charge on any atom is -0.372 e. The van der Waals surface area contributed by atoms with E-state index in [2.05, 4.69) is 5.43 Å². The minimum atomic E-state index is -0.321. The zero-order chi connectivity index (χ0) is 14.5. The Morgan fingerprint density at radius 1 is 1.35 bits per heavy atom. The number of nitrogens with one attached hydrogen (secondary N) is 1. The van der Waals surface area contributed by atoms with Crippen LogP contribution in [-0.2, 0) is 18.0 Å². The van der Waals surface area contributed by atoms with Crippen LogP contribution in [-0.4, -0.2) is 5.91 Å². The van der Waals surface area contributed by atoms with Crippen LogP contribution < -0.4 is 11.3 Å². The van der Waals surface area contributed by atoms with Gasteiger partial charge >= 0.3 is 0 Å². The molecule has 0 bridgehead atoms. The molecule has 0 atom stereocenters. The molecule has 1 aromatic heterocycles. The lowest BCUT2D eigenvalue weighted by Gasteiger charge is -2.05. The number of hydrazine groups is 1. The van der Waals surface area contributed by atoms with E-state index in [1.807, 2.05) is 6.92 Å². The first kappa shape index (κ1) is 14.6. The average molecular weight is 294 g/mol. The molecule has 1 heterocycles. The van der Waals surface area contributed by atoms with Crippen molar-refractivity contribution < 1.29 is 13.9 Å². The second-order valence-corrected chi connectivity index (χ2v) is 5.51. The Balaban J connectivity index is 1.96. The molecule has 0 aliphatic carbocycles. The highest BCUT2D eigenvalue weighted by molar-refractivity contribution is 7.14. The largest absolute Gasteiger partial charge is 0.372 e. The Bertz CT molecular complexity index is 613. The van der Waals surface area contributed by atoms with Gasteiger partial charge in [-0.2, -0.15) is 0 Å². The fourth-order valence-corrected chi connectivity index (χ4v) is 2.66. The molecule has 4 nitrogen and oxygen atoms in total. The van der Waals surface area contributed by atoms with Crippen LogP contribution in [0, 0.1) is 12.7 Å². The Hall–Kier alpha value is -1.76. The number of rotatable bonds is 5. The van der Waals surface area contributed by atoms with Crippen LogP contribution in [0.1, 0.15) is 25.7 Å². The van der Waals surface area contributed by atoms with E-state index in [-0.39, 0.29) is 18.3 Å². The van der Waals surface area contributed by atoms with E-state index in [9.17, 15) is 9.18 Å². The molecule has 0 spiro atoms. The number of hydrogen-bond donors (Lipinski definition) is 2. The maximum atomic E-state index is 13.4. The van der Waals surface area contributed by atoms with Gasteiger partial charge in [-0.15, -0.1) is 11.3 Å². The molecular formula is C14H15FN2O2S. The maximum Gasteiger partial charge on any atom is 0.275 e. The van der Waals surface area contributed by atoms with E-state index < -0.39 is 0 Å². The van der Waals surface area contributed by atoms with Crippen LogP contribution in [0.3, 0.4) is 0 Å². The Morgan fingerprint density at radius 3 is 2.75 bits per heavy atom. The van der Waals surface area contributed by atoms with Gasteiger partial charge in [-0.1, -0.05) is 18.2 Å². The third kappa shape index (κ3) is 3.41. The van der Waals surface area contributed by atoms with Gasteiger partial charge in [0.2, 0.25) is 0 Å². The monoisotopic (exact) mass is 294 g/mol. The van der Waals surface area contributed by atoms with Crippen molar-refractivity contribution in [1.29, 1.82) is 0 Å². The molecule has 1 amide bonds. The van der Waals surface area contributed by atoms with Gasteiger partial charge in [0.15, 0.2) is 0 Å². The van der Waals surface area contributed by atoms with E-state index in [0.717, 1.165) is 10.4 Å². The highest BCUT2D eigenvalue weighted by Gasteiger charge is 2.11. The molecule has 3 N–H and O–H groups in total. The van der Waals surface area contributed by atoms with Crippen LogP contribution in [0.15, 0.2) is 30.3 Å². The summed E-state index contributed by atoms with van der Waals surface area (Å²) in [7, 11) is 0. The van der Waals surface area contributed by atoms with Gasteiger partial charge in [-0.25, -0.2) is 10.2 Å². The fourth-order valence-electron chi connectivity index (χ4n) is 1.73. The summed E-state index contributed by atoms with van der Waals surface area (Å²) >= 11 is 1.35. The number of carbonyl (C=O) groups is 1. The summed E-state index contributed by atoms with van der Waals surface area (Å²) in [5, 5.41) is 0. The van der Waals surface area contributed by atoms with Crippen molar-refractivity contribution in [2.45, 2.75) is 20.1 Å². The van der Waals surface area contributed by atoms with Gasteiger partial charge in [-0.05, 0) is 24.6 Å². The predicted molar refractivity (Wildman–Crippen MR) is 75.6 cm³/mol. The summed E-state index contributed by atoms with van der Waals surface area (Å²) in [6, 6.07) is 8.23. The molecule has 2 aromatic rings. The highest BCUT2D eigenvalue weighted by Crippen LogP contribution is 2.22. The number of halogens is 1. The number of nitrogens with two attached hydrogens (primary N) is 1. The quantitative estimate of drug-likeness (QED) is 0.506. The SMILES string of the molecule is Cc1sc(C(=O)NN)cc1COCc1ccccc1F. The molecule has 0 unspecified atom stereocenters. The number of benzene rings is 1. The zero-order valence-electron chi connectivity index (χ0n) is 11.0. The molecule has 0 aliphatic rings. The third-order valence-electron chi connectivity index (χ3n) is 2.85. The van der Waals surface area contributed by atoms with Crippen molar-refractivity contribution in [1.82, 2.24) is 5.43 Å². The molecule has 6 heteroatoms. The lowest BCUT2D eigenvalue weighted by molar-refractivity contribution is 0.0956. The second-order valence-electron chi connectivity index (χ2n) is 4.25. The number of carbonyl (C=O) groups excluding carboxylic acids is 1. The summed E-state index contributed by atoms with van der Waals surface area (Å²) in [5.41, 5.74) is 3.51. The van der Waals surface area contributed by atoms with Crippen molar-refractivity contribution in [3.8, 4) is 0 Å². The topological polar surface area (TPSA) is 64.4 Å². The van der Waals surface area contributed by atoms with Crippen LogP contribution in [0.25, 0.3) is 0 Å². The van der Waals surface area contributed by atoms with E-state index in [4.69, 9.17) is 10.6 Å². The Morgan fingerprint density at radius 2 is 2.05 bits per heavy atom. The minimum absolute atomic E-state index is 0.195. The van der Waals surface area contributed by atoms with Crippen LogP contribution in [0.4, 0.5) is 4.39 Å². The fraction of sp³-hybridized carbons (Fsp3) is 0.214. The number of amides is 1. The summed E-state index contributed by atoms with van der Waals surface area (Å²) in [6.07, 6.45) is 0. The summed E-state index contributed by atoms with van der Waals surface area (Å²) in [5.74, 6) is 4.49. The smallest absolute Gasteiger partial charge is 0.275 e. The van der Waals surface area contributed by atoms with Gasteiger partial charge in [0.05, 0.1) is 18.1 Å². The third-order valence-corrected chi connectivity index (χ3v) is 3.94. The van der Waals surface area contributed by atoms with Crippen LogP contribution in [0.5, 0.6) is 0 Å². The van der Waals surface area contributed by atoms with Crippen molar-refractivity contribution in [3.05, 3.63) is 57.0 Å². The van der Waals surface area contributed by atoms with Gasteiger partial charge in [0.1, 0.15) is 5.82 Å². The molecule has 0 saturated heterocycles. The van der Waals surface area contributed by atoms with Crippen molar-refractivity contribution >= 4 is 17.2 Å². The number of aryl methyl sites for hydroxylation is 1. The van der Waals surface area contributed by atoms with Crippen LogP contribution >= 0.6 is 11.3 Å².